The van der Waals surface area contributed by atoms with Crippen molar-refractivity contribution >= 4 is 34.6 Å². The van der Waals surface area contributed by atoms with Gasteiger partial charge in [0.15, 0.2) is 0 Å². The van der Waals surface area contributed by atoms with Crippen LogP contribution in [0.1, 0.15) is 13.8 Å². The maximum atomic E-state index is 10.5. The molecule has 0 saturated heterocycles. The highest BCUT2D eigenvalue weighted by atomic mass is 32.9. The molecule has 0 atom stereocenters. The number of rotatable bonds is 7. The fourth-order valence-electron chi connectivity index (χ4n) is 1.16. The second-order valence-corrected chi connectivity index (χ2v) is 9.32. The molecule has 100 valence electrons. The Morgan fingerprint density at radius 2 is 1.78 bits per heavy atom. The summed E-state index contributed by atoms with van der Waals surface area (Å²) in [6.07, 6.45) is 0. The Kier molecular flexibility index (Phi) is 6.25. The predicted octanol–water partition coefficient (Wildman–Crippen LogP) is 3.98. The maximum absolute atomic E-state index is 10.5. The molecule has 0 unspecified atom stereocenters. The van der Waals surface area contributed by atoms with Crippen molar-refractivity contribution in [2.75, 3.05) is 13.2 Å². The number of nitrogens with zero attached hydrogens (tertiary/aromatic N) is 1. The van der Waals surface area contributed by atoms with Crippen molar-refractivity contribution in [3.8, 4) is 0 Å². The summed E-state index contributed by atoms with van der Waals surface area (Å²) in [6, 6.07) is 6.20. The molecule has 0 radical (unpaired) electrons. The number of benzene rings is 1. The maximum Gasteiger partial charge on any atom is 0.269 e. The van der Waals surface area contributed by atoms with E-state index in [1.165, 1.54) is 23.5 Å². The van der Waals surface area contributed by atoms with Gasteiger partial charge in [0.1, 0.15) is 0 Å². The highest BCUT2D eigenvalue weighted by Gasteiger charge is 2.20. The first-order valence-corrected chi connectivity index (χ1v) is 9.40. The van der Waals surface area contributed by atoms with Crippen LogP contribution in [-0.2, 0) is 20.9 Å². The molecule has 8 heteroatoms. The van der Waals surface area contributed by atoms with E-state index in [9.17, 15) is 10.1 Å². The van der Waals surface area contributed by atoms with Gasteiger partial charge in [0, 0.05) is 17.0 Å². The van der Waals surface area contributed by atoms with Gasteiger partial charge in [-0.2, -0.15) is 0 Å². The van der Waals surface area contributed by atoms with Crippen LogP contribution >= 0.6 is 17.1 Å². The molecule has 0 spiro atoms. The van der Waals surface area contributed by atoms with E-state index in [2.05, 4.69) is 0 Å². The normalized spacial score (nSPS) is 11.4. The minimum atomic E-state index is -2.40. The molecule has 0 heterocycles. The number of hydrogen-bond acceptors (Lipinski definition) is 6. The summed E-state index contributed by atoms with van der Waals surface area (Å²) in [6.45, 7) is 4.68. The standard InChI is InChI=1S/C10H14NO4PS2/c1-3-14-16(17,15-4-2)18-10-7-5-9(6-8-10)11(12)13/h5-8H,3-4H2,1-2H3. The van der Waals surface area contributed by atoms with E-state index in [0.29, 0.717) is 13.2 Å². The zero-order valence-corrected chi connectivity index (χ0v) is 12.6. The Balaban J connectivity index is 2.81. The van der Waals surface area contributed by atoms with Gasteiger partial charge >= 0.3 is 0 Å². The van der Waals surface area contributed by atoms with Crippen LogP contribution in [0.15, 0.2) is 29.2 Å². The van der Waals surface area contributed by atoms with Crippen molar-refractivity contribution in [3.05, 3.63) is 34.4 Å². The van der Waals surface area contributed by atoms with Gasteiger partial charge in [0.25, 0.3) is 11.4 Å². The minimum Gasteiger partial charge on any atom is -0.322 e. The first kappa shape index (κ1) is 15.6. The lowest BCUT2D eigenvalue weighted by Gasteiger charge is -2.19. The molecule has 0 amide bonds. The first-order valence-electron chi connectivity index (χ1n) is 5.34. The minimum absolute atomic E-state index is 0.0560. The largest absolute Gasteiger partial charge is 0.322 e. The number of non-ortho nitro benzene ring substituents is 1. The van der Waals surface area contributed by atoms with Gasteiger partial charge in [-0.1, -0.05) is 0 Å². The molecule has 1 aromatic rings. The molecule has 1 rings (SSSR count). The Morgan fingerprint density at radius 1 is 1.28 bits per heavy atom. The summed E-state index contributed by atoms with van der Waals surface area (Å²) in [5, 5.41) is 10.5. The Hall–Kier alpha value is -0.460. The van der Waals surface area contributed by atoms with Crippen molar-refractivity contribution in [1.82, 2.24) is 0 Å². The fourth-order valence-corrected chi connectivity index (χ4v) is 5.99. The summed E-state index contributed by atoms with van der Waals surface area (Å²) in [4.78, 5) is 10.9. The third-order valence-electron chi connectivity index (χ3n) is 1.84. The third-order valence-corrected chi connectivity index (χ3v) is 6.93. The van der Waals surface area contributed by atoms with Gasteiger partial charge < -0.3 is 9.05 Å². The van der Waals surface area contributed by atoms with Crippen LogP contribution < -0.4 is 0 Å². The molecule has 0 N–H and O–H groups in total. The predicted molar refractivity (Wildman–Crippen MR) is 76.5 cm³/mol. The van der Waals surface area contributed by atoms with Crippen molar-refractivity contribution < 1.29 is 14.0 Å². The zero-order chi connectivity index (χ0) is 13.6. The zero-order valence-electron chi connectivity index (χ0n) is 10.1. The van der Waals surface area contributed by atoms with Crippen LogP contribution in [0.5, 0.6) is 0 Å². The molecule has 18 heavy (non-hydrogen) atoms. The molecule has 0 aromatic heterocycles. The van der Waals surface area contributed by atoms with Gasteiger partial charge in [0.2, 0.25) is 0 Å². The summed E-state index contributed by atoms with van der Waals surface area (Å²) in [7, 11) is 0. The van der Waals surface area contributed by atoms with Crippen LogP contribution in [0.25, 0.3) is 0 Å². The molecule has 1 aromatic carbocycles. The topological polar surface area (TPSA) is 61.6 Å². The average molecular weight is 307 g/mol. The monoisotopic (exact) mass is 307 g/mol. The van der Waals surface area contributed by atoms with Gasteiger partial charge in [-0.05, 0) is 49.2 Å². The SMILES string of the molecule is CCOP(=S)(OCC)Sc1ccc([N+](=O)[O-])cc1. The highest BCUT2D eigenvalue weighted by molar-refractivity contribution is 8.67. The lowest BCUT2D eigenvalue weighted by atomic mass is 10.3. The van der Waals surface area contributed by atoms with Gasteiger partial charge in [-0.15, -0.1) is 0 Å². The molecule has 0 aliphatic rings. The van der Waals surface area contributed by atoms with Crippen LogP contribution in [0, 0.1) is 10.1 Å². The molecule has 0 bridgehead atoms. The van der Waals surface area contributed by atoms with E-state index < -0.39 is 10.6 Å². The van der Waals surface area contributed by atoms with E-state index in [1.807, 2.05) is 13.8 Å². The molecule has 0 fully saturated rings. The third kappa shape index (κ3) is 4.66. The van der Waals surface area contributed by atoms with Crippen LogP contribution in [0.4, 0.5) is 5.69 Å². The van der Waals surface area contributed by atoms with Crippen LogP contribution in [0.2, 0.25) is 0 Å². The van der Waals surface area contributed by atoms with Crippen molar-refractivity contribution in [3.63, 3.8) is 0 Å². The molecular formula is C10H14NO4PS2. The number of nitro benzene ring substituents is 1. The fraction of sp³-hybridized carbons (Fsp3) is 0.400. The number of hydrogen-bond donors (Lipinski definition) is 0. The first-order chi connectivity index (χ1) is 8.50. The lowest BCUT2D eigenvalue weighted by molar-refractivity contribution is -0.384. The molecular weight excluding hydrogens is 293 g/mol. The second-order valence-electron chi connectivity index (χ2n) is 3.13. The van der Waals surface area contributed by atoms with Crippen molar-refractivity contribution in [2.45, 2.75) is 18.7 Å². The van der Waals surface area contributed by atoms with Crippen LogP contribution in [0.3, 0.4) is 0 Å². The average Bonchev–Trinajstić information content (AvgIpc) is 2.30. The summed E-state index contributed by atoms with van der Waals surface area (Å²) < 4.78 is 11.0. The highest BCUT2D eigenvalue weighted by Crippen LogP contribution is 2.63. The van der Waals surface area contributed by atoms with Gasteiger partial charge in [-0.3, -0.25) is 10.1 Å². The van der Waals surface area contributed by atoms with Crippen molar-refractivity contribution in [2.24, 2.45) is 0 Å². The van der Waals surface area contributed by atoms with E-state index in [0.717, 1.165) is 4.90 Å². The van der Waals surface area contributed by atoms with E-state index in [4.69, 9.17) is 20.9 Å². The summed E-state index contributed by atoms with van der Waals surface area (Å²) in [5.41, 5.74) is -2.34. The Labute approximate surface area is 115 Å². The Bertz CT molecular complexity index is 442. The van der Waals surface area contributed by atoms with Gasteiger partial charge in [0.05, 0.1) is 18.1 Å². The van der Waals surface area contributed by atoms with E-state index >= 15 is 0 Å². The summed E-state index contributed by atoms with van der Waals surface area (Å²) >= 11 is 6.68. The quantitative estimate of drug-likeness (QED) is 0.431. The smallest absolute Gasteiger partial charge is 0.269 e. The molecule has 0 saturated carbocycles. The Morgan fingerprint density at radius 3 is 2.17 bits per heavy atom. The van der Waals surface area contributed by atoms with Crippen LogP contribution in [-0.4, -0.2) is 18.1 Å². The number of nitro groups is 1. The second kappa shape index (κ2) is 7.21. The van der Waals surface area contributed by atoms with Gasteiger partial charge in [-0.25, -0.2) is 0 Å². The van der Waals surface area contributed by atoms with E-state index in [1.54, 1.807) is 12.1 Å². The summed E-state index contributed by atoms with van der Waals surface area (Å²) in [5.74, 6) is 0. The van der Waals surface area contributed by atoms with E-state index in [-0.39, 0.29) is 5.69 Å². The van der Waals surface area contributed by atoms with Crippen molar-refractivity contribution in [1.29, 1.82) is 0 Å². The molecule has 0 aliphatic heterocycles. The molecule has 5 nitrogen and oxygen atoms in total. The molecule has 0 aliphatic carbocycles. The lowest BCUT2D eigenvalue weighted by Crippen LogP contribution is -1.92.